The molecule has 1 aromatic carbocycles. The molecule has 1 N–H and O–H groups in total. The Kier molecular flexibility index (Phi) is 5.55. The van der Waals surface area contributed by atoms with E-state index in [2.05, 4.69) is 50.4 Å². The third kappa shape index (κ3) is 4.30. The number of benzene rings is 1. The van der Waals surface area contributed by atoms with E-state index in [0.29, 0.717) is 21.2 Å². The SMILES string of the molecule is Cc1cc(Br)c(S(=O)(=O)NC2CC(C)CC(C)C2)cc1Br. The Labute approximate surface area is 144 Å². The third-order valence-electron chi connectivity index (χ3n) is 4.00. The molecule has 0 amide bonds. The molecule has 1 aliphatic carbocycles. The monoisotopic (exact) mass is 437 g/mol. The number of aryl methyl sites for hydroxylation is 1. The molecule has 1 aliphatic rings. The van der Waals surface area contributed by atoms with Gasteiger partial charge < -0.3 is 0 Å². The van der Waals surface area contributed by atoms with Gasteiger partial charge in [-0.25, -0.2) is 13.1 Å². The molecule has 1 aromatic rings. The zero-order valence-corrected chi connectivity index (χ0v) is 16.5. The van der Waals surface area contributed by atoms with Gasteiger partial charge in [-0.3, -0.25) is 0 Å². The molecule has 0 aromatic heterocycles. The second-order valence-corrected chi connectivity index (χ2v) is 9.66. The summed E-state index contributed by atoms with van der Waals surface area (Å²) in [5, 5.41) is 0. The molecule has 21 heavy (non-hydrogen) atoms. The van der Waals surface area contributed by atoms with E-state index in [0.717, 1.165) is 22.9 Å². The average molecular weight is 439 g/mol. The van der Waals surface area contributed by atoms with Crippen molar-refractivity contribution >= 4 is 41.9 Å². The lowest BCUT2D eigenvalue weighted by molar-refractivity contribution is 0.257. The van der Waals surface area contributed by atoms with Crippen LogP contribution in [-0.2, 0) is 10.0 Å². The summed E-state index contributed by atoms with van der Waals surface area (Å²) in [6.45, 7) is 6.31. The van der Waals surface area contributed by atoms with Crippen LogP contribution in [0.1, 0.15) is 38.7 Å². The summed E-state index contributed by atoms with van der Waals surface area (Å²) in [5.74, 6) is 1.13. The van der Waals surface area contributed by atoms with Crippen LogP contribution in [0.25, 0.3) is 0 Å². The van der Waals surface area contributed by atoms with Crippen LogP contribution >= 0.6 is 31.9 Å². The van der Waals surface area contributed by atoms with E-state index in [9.17, 15) is 8.42 Å². The van der Waals surface area contributed by atoms with E-state index in [-0.39, 0.29) is 6.04 Å². The first kappa shape index (κ1) is 17.4. The molecule has 6 heteroatoms. The number of hydrogen-bond acceptors (Lipinski definition) is 2. The molecular weight excluding hydrogens is 418 g/mol. The molecule has 0 aliphatic heterocycles. The topological polar surface area (TPSA) is 46.2 Å². The van der Waals surface area contributed by atoms with E-state index in [1.165, 1.54) is 6.42 Å². The Morgan fingerprint density at radius 2 is 1.62 bits per heavy atom. The van der Waals surface area contributed by atoms with Gasteiger partial charge in [0.1, 0.15) is 0 Å². The van der Waals surface area contributed by atoms with E-state index < -0.39 is 10.0 Å². The first-order chi connectivity index (χ1) is 9.69. The van der Waals surface area contributed by atoms with Crippen molar-refractivity contribution in [1.29, 1.82) is 0 Å². The normalized spacial score (nSPS) is 26.8. The summed E-state index contributed by atoms with van der Waals surface area (Å²) in [4.78, 5) is 0.297. The predicted molar refractivity (Wildman–Crippen MR) is 92.9 cm³/mol. The zero-order chi connectivity index (χ0) is 15.8. The standard InChI is InChI=1S/C15H21Br2NO2S/c1-9-4-10(2)6-12(5-9)18-21(19,20)15-8-13(16)11(3)7-14(15)17/h7-10,12,18H,4-6H2,1-3H3. The molecule has 2 atom stereocenters. The van der Waals surface area contributed by atoms with E-state index in [4.69, 9.17) is 0 Å². The minimum atomic E-state index is -3.50. The lowest BCUT2D eigenvalue weighted by atomic mass is 9.81. The molecule has 3 nitrogen and oxygen atoms in total. The summed E-state index contributed by atoms with van der Waals surface area (Å²) >= 11 is 6.77. The fourth-order valence-electron chi connectivity index (χ4n) is 3.16. The van der Waals surface area contributed by atoms with E-state index >= 15 is 0 Å². The Morgan fingerprint density at radius 3 is 2.19 bits per heavy atom. The van der Waals surface area contributed by atoms with Crippen molar-refractivity contribution in [1.82, 2.24) is 4.72 Å². The van der Waals surface area contributed by atoms with Gasteiger partial charge in [0.05, 0.1) is 4.90 Å². The summed E-state index contributed by atoms with van der Waals surface area (Å²) in [6, 6.07) is 3.52. The van der Waals surface area contributed by atoms with Gasteiger partial charge in [-0.15, -0.1) is 0 Å². The quantitative estimate of drug-likeness (QED) is 0.747. The van der Waals surface area contributed by atoms with Gasteiger partial charge in [-0.05, 0) is 71.6 Å². The largest absolute Gasteiger partial charge is 0.241 e. The number of rotatable bonds is 3. The van der Waals surface area contributed by atoms with Crippen LogP contribution in [0.4, 0.5) is 0 Å². The minimum Gasteiger partial charge on any atom is -0.208 e. The van der Waals surface area contributed by atoms with Gasteiger partial charge in [-0.2, -0.15) is 0 Å². The van der Waals surface area contributed by atoms with Crippen molar-refractivity contribution in [2.24, 2.45) is 11.8 Å². The molecule has 1 fully saturated rings. The molecule has 0 spiro atoms. The maximum absolute atomic E-state index is 12.6. The fraction of sp³-hybridized carbons (Fsp3) is 0.600. The Bertz CT molecular complexity index is 621. The molecular formula is C15H21Br2NO2S. The highest BCUT2D eigenvalue weighted by molar-refractivity contribution is 9.11. The van der Waals surface area contributed by atoms with E-state index in [1.54, 1.807) is 6.07 Å². The number of sulfonamides is 1. The molecule has 2 unspecified atom stereocenters. The van der Waals surface area contributed by atoms with Crippen LogP contribution < -0.4 is 4.72 Å². The first-order valence-electron chi connectivity index (χ1n) is 7.17. The minimum absolute atomic E-state index is 0.0285. The molecule has 118 valence electrons. The predicted octanol–water partition coefficient (Wildman–Crippen LogP) is 4.62. The second-order valence-electron chi connectivity index (χ2n) is 6.27. The van der Waals surface area contributed by atoms with Crippen molar-refractivity contribution in [3.8, 4) is 0 Å². The highest BCUT2D eigenvalue weighted by atomic mass is 79.9. The van der Waals surface area contributed by atoms with Crippen LogP contribution in [0.2, 0.25) is 0 Å². The van der Waals surface area contributed by atoms with Crippen molar-refractivity contribution in [2.45, 2.75) is 51.0 Å². The zero-order valence-electron chi connectivity index (χ0n) is 12.5. The highest BCUT2D eigenvalue weighted by Crippen LogP contribution is 2.32. The van der Waals surface area contributed by atoms with Gasteiger partial charge in [0.15, 0.2) is 0 Å². The van der Waals surface area contributed by atoms with Crippen LogP contribution in [0.5, 0.6) is 0 Å². The van der Waals surface area contributed by atoms with Crippen molar-refractivity contribution in [3.05, 3.63) is 26.6 Å². The van der Waals surface area contributed by atoms with Crippen molar-refractivity contribution < 1.29 is 8.42 Å². The Balaban J connectivity index is 2.24. The smallest absolute Gasteiger partial charge is 0.208 e. The molecule has 0 bridgehead atoms. The maximum atomic E-state index is 12.6. The number of hydrogen-bond donors (Lipinski definition) is 1. The average Bonchev–Trinajstić information content (AvgIpc) is 2.31. The van der Waals surface area contributed by atoms with Crippen LogP contribution in [0.3, 0.4) is 0 Å². The summed E-state index contributed by atoms with van der Waals surface area (Å²) in [6.07, 6.45) is 3.00. The number of halogens is 2. The molecule has 0 radical (unpaired) electrons. The molecule has 2 rings (SSSR count). The lowest BCUT2D eigenvalue weighted by Crippen LogP contribution is -2.40. The third-order valence-corrected chi connectivity index (χ3v) is 7.34. The number of nitrogens with one attached hydrogen (secondary N) is 1. The maximum Gasteiger partial charge on any atom is 0.241 e. The second kappa shape index (κ2) is 6.69. The van der Waals surface area contributed by atoms with Gasteiger partial charge in [-0.1, -0.05) is 29.8 Å². The van der Waals surface area contributed by atoms with Gasteiger partial charge in [0.25, 0.3) is 0 Å². The van der Waals surface area contributed by atoms with Gasteiger partial charge in [0.2, 0.25) is 10.0 Å². The first-order valence-corrected chi connectivity index (χ1v) is 10.2. The fourth-order valence-corrected chi connectivity index (χ4v) is 6.10. The summed E-state index contributed by atoms with van der Waals surface area (Å²) in [7, 11) is -3.50. The highest BCUT2D eigenvalue weighted by Gasteiger charge is 2.29. The summed E-state index contributed by atoms with van der Waals surface area (Å²) in [5.41, 5.74) is 1.00. The van der Waals surface area contributed by atoms with Gasteiger partial charge >= 0.3 is 0 Å². The molecule has 0 heterocycles. The van der Waals surface area contributed by atoms with Crippen LogP contribution in [-0.4, -0.2) is 14.5 Å². The van der Waals surface area contributed by atoms with Crippen LogP contribution in [0, 0.1) is 18.8 Å². The Morgan fingerprint density at radius 1 is 1.05 bits per heavy atom. The van der Waals surface area contributed by atoms with Crippen molar-refractivity contribution in [3.63, 3.8) is 0 Å². The Hall–Kier alpha value is 0.0900. The van der Waals surface area contributed by atoms with E-state index in [1.807, 2.05) is 13.0 Å². The van der Waals surface area contributed by atoms with Crippen LogP contribution in [0.15, 0.2) is 26.0 Å². The summed E-state index contributed by atoms with van der Waals surface area (Å²) < 4.78 is 29.6. The lowest BCUT2D eigenvalue weighted by Gasteiger charge is -2.31. The molecule has 0 saturated heterocycles. The van der Waals surface area contributed by atoms with Crippen molar-refractivity contribution in [2.75, 3.05) is 0 Å². The van der Waals surface area contributed by atoms with Gasteiger partial charge in [0, 0.05) is 15.0 Å². The molecule has 1 saturated carbocycles.